The Kier molecular flexibility index (Phi) is 4.82. The Morgan fingerprint density at radius 3 is 2.52 bits per heavy atom. The third kappa shape index (κ3) is 3.48. The molecule has 1 amide bonds. The monoisotopic (exact) mass is 420 g/mol. The maximum Gasteiger partial charge on any atom is 0.417 e. The van der Waals surface area contributed by atoms with Crippen molar-refractivity contribution in [2.45, 2.75) is 32.2 Å². The lowest BCUT2D eigenvalue weighted by Crippen LogP contribution is -2.45. The number of halogens is 4. The summed E-state index contributed by atoms with van der Waals surface area (Å²) in [7, 11) is 0. The molecule has 0 saturated carbocycles. The van der Waals surface area contributed by atoms with Gasteiger partial charge in [-0.05, 0) is 19.1 Å². The molecule has 0 fully saturated rings. The maximum atomic E-state index is 13.1. The second-order valence-corrected chi connectivity index (χ2v) is 7.24. The molecule has 1 aromatic heterocycles. The number of carbonyl (C=O) groups excluding carboxylic acids is 1. The fraction of sp³-hybridized carbons (Fsp3) is 0.250. The lowest BCUT2D eigenvalue weighted by molar-refractivity contribution is -0.137. The first-order valence-electron chi connectivity index (χ1n) is 8.91. The van der Waals surface area contributed by atoms with E-state index >= 15 is 0 Å². The van der Waals surface area contributed by atoms with Gasteiger partial charge in [0.15, 0.2) is 11.6 Å². The van der Waals surface area contributed by atoms with Crippen molar-refractivity contribution in [3.05, 3.63) is 70.5 Å². The van der Waals surface area contributed by atoms with Crippen LogP contribution < -0.4 is 0 Å². The van der Waals surface area contributed by atoms with Gasteiger partial charge in [0.25, 0.3) is 5.91 Å². The molecule has 0 spiro atoms. The topological polar surface area (TPSA) is 51.0 Å². The summed E-state index contributed by atoms with van der Waals surface area (Å²) in [6.45, 7) is 2.39. The average molecular weight is 421 g/mol. The number of carbonyl (C=O) groups is 1. The standard InChI is InChI=1S/C20H16ClF3N4O/c1-12-10-28-16(25-26-18(28)13-6-3-2-4-7-13)11-27(12)19(29)14-8-5-9-15(17(14)21)20(22,23)24/h2-9,12H,10-11H2,1H3/t12-/m0/s1. The number of amides is 1. The van der Waals surface area contributed by atoms with Gasteiger partial charge in [-0.3, -0.25) is 4.79 Å². The van der Waals surface area contributed by atoms with Crippen LogP contribution in [-0.2, 0) is 19.3 Å². The highest BCUT2D eigenvalue weighted by molar-refractivity contribution is 6.34. The average Bonchev–Trinajstić information content (AvgIpc) is 3.09. The summed E-state index contributed by atoms with van der Waals surface area (Å²) in [6, 6.07) is 12.6. The fourth-order valence-corrected chi connectivity index (χ4v) is 3.77. The molecule has 4 rings (SSSR count). The van der Waals surface area contributed by atoms with Gasteiger partial charge in [0.05, 0.1) is 22.7 Å². The lowest BCUT2D eigenvalue weighted by Gasteiger charge is -2.34. The van der Waals surface area contributed by atoms with Gasteiger partial charge in [-0.25, -0.2) is 0 Å². The SMILES string of the molecule is C[C@H]1Cn2c(nnc2-c2ccccc2)CN1C(=O)c1cccc(C(F)(F)F)c1Cl. The number of rotatable bonds is 2. The first-order chi connectivity index (χ1) is 13.8. The molecule has 1 aliphatic rings. The second kappa shape index (κ2) is 7.18. The van der Waals surface area contributed by atoms with E-state index in [-0.39, 0.29) is 18.2 Å². The first-order valence-corrected chi connectivity index (χ1v) is 9.29. The molecule has 9 heteroatoms. The van der Waals surface area contributed by atoms with Crippen molar-refractivity contribution in [2.24, 2.45) is 0 Å². The van der Waals surface area contributed by atoms with E-state index in [4.69, 9.17) is 11.6 Å². The summed E-state index contributed by atoms with van der Waals surface area (Å²) in [6.07, 6.45) is -4.63. The second-order valence-electron chi connectivity index (χ2n) is 6.86. The Balaban J connectivity index is 1.66. The van der Waals surface area contributed by atoms with E-state index in [0.29, 0.717) is 18.2 Å². The smallest absolute Gasteiger partial charge is 0.327 e. The van der Waals surface area contributed by atoms with Crippen molar-refractivity contribution in [3.63, 3.8) is 0 Å². The third-order valence-corrected chi connectivity index (χ3v) is 5.35. The number of nitrogens with zero attached hydrogens (tertiary/aromatic N) is 4. The molecule has 0 unspecified atom stereocenters. The highest BCUT2D eigenvalue weighted by Crippen LogP contribution is 2.37. The van der Waals surface area contributed by atoms with E-state index in [0.717, 1.165) is 11.6 Å². The van der Waals surface area contributed by atoms with Gasteiger partial charge in [-0.2, -0.15) is 13.2 Å². The van der Waals surface area contributed by atoms with Gasteiger partial charge in [-0.1, -0.05) is 48.0 Å². The van der Waals surface area contributed by atoms with Gasteiger partial charge in [-0.15, -0.1) is 10.2 Å². The summed E-state index contributed by atoms with van der Waals surface area (Å²) in [5, 5.41) is 7.82. The summed E-state index contributed by atoms with van der Waals surface area (Å²) < 4.78 is 41.4. The molecule has 3 aromatic rings. The number of fused-ring (bicyclic) bond motifs is 1. The van der Waals surface area contributed by atoms with Crippen LogP contribution >= 0.6 is 11.6 Å². The Morgan fingerprint density at radius 1 is 1.10 bits per heavy atom. The van der Waals surface area contributed by atoms with Crippen molar-refractivity contribution < 1.29 is 18.0 Å². The van der Waals surface area contributed by atoms with Crippen LogP contribution in [0.1, 0.15) is 28.7 Å². The van der Waals surface area contributed by atoms with Crippen LogP contribution in [0.25, 0.3) is 11.4 Å². The molecule has 0 bridgehead atoms. The van der Waals surface area contributed by atoms with Crippen LogP contribution in [0.3, 0.4) is 0 Å². The summed E-state index contributed by atoms with van der Waals surface area (Å²) >= 11 is 5.94. The fourth-order valence-electron chi connectivity index (χ4n) is 3.46. The molecule has 0 aliphatic carbocycles. The predicted octanol–water partition coefficient (Wildman–Crippen LogP) is 4.66. The minimum atomic E-state index is -4.63. The highest BCUT2D eigenvalue weighted by atomic mass is 35.5. The third-order valence-electron chi connectivity index (χ3n) is 4.95. The van der Waals surface area contributed by atoms with Gasteiger partial charge >= 0.3 is 6.18 Å². The van der Waals surface area contributed by atoms with Gasteiger partial charge < -0.3 is 9.47 Å². The summed E-state index contributed by atoms with van der Waals surface area (Å²) in [5.74, 6) is 0.694. The van der Waals surface area contributed by atoms with Crippen molar-refractivity contribution >= 4 is 17.5 Å². The molecule has 29 heavy (non-hydrogen) atoms. The zero-order valence-electron chi connectivity index (χ0n) is 15.3. The van der Waals surface area contributed by atoms with Gasteiger partial charge in [0, 0.05) is 18.2 Å². The van der Waals surface area contributed by atoms with Crippen LogP contribution in [0, 0.1) is 0 Å². The zero-order valence-corrected chi connectivity index (χ0v) is 16.1. The van der Waals surface area contributed by atoms with E-state index in [2.05, 4.69) is 10.2 Å². The van der Waals surface area contributed by atoms with E-state index < -0.39 is 22.7 Å². The minimum absolute atomic E-state index is 0.131. The van der Waals surface area contributed by atoms with Crippen LogP contribution in [0.5, 0.6) is 0 Å². The predicted molar refractivity (Wildman–Crippen MR) is 101 cm³/mol. The Labute approximate surface area is 169 Å². The van der Waals surface area contributed by atoms with E-state index in [1.54, 1.807) is 0 Å². The Bertz CT molecular complexity index is 1070. The molecule has 1 aliphatic heterocycles. The van der Waals surface area contributed by atoms with E-state index in [9.17, 15) is 18.0 Å². The molecule has 0 radical (unpaired) electrons. The van der Waals surface area contributed by atoms with Crippen LogP contribution in [-0.4, -0.2) is 31.6 Å². The quantitative estimate of drug-likeness (QED) is 0.605. The van der Waals surface area contributed by atoms with Crippen molar-refractivity contribution in [1.82, 2.24) is 19.7 Å². The molecular weight excluding hydrogens is 405 g/mol. The maximum absolute atomic E-state index is 13.1. The van der Waals surface area contributed by atoms with Crippen LogP contribution in [0.4, 0.5) is 13.2 Å². The molecule has 2 heterocycles. The number of hydrogen-bond donors (Lipinski definition) is 0. The summed E-state index contributed by atoms with van der Waals surface area (Å²) in [4.78, 5) is 14.5. The zero-order chi connectivity index (χ0) is 20.8. The largest absolute Gasteiger partial charge is 0.417 e. The van der Waals surface area contributed by atoms with Gasteiger partial charge in [0.1, 0.15) is 0 Å². The first kappa shape index (κ1) is 19.4. The molecule has 5 nitrogen and oxygen atoms in total. The molecular formula is C20H16ClF3N4O. The number of benzene rings is 2. The van der Waals surface area contributed by atoms with Gasteiger partial charge in [0.2, 0.25) is 0 Å². The molecule has 0 N–H and O–H groups in total. The van der Waals surface area contributed by atoms with Crippen LogP contribution in [0.15, 0.2) is 48.5 Å². The molecule has 1 atom stereocenters. The Hall–Kier alpha value is -2.87. The van der Waals surface area contributed by atoms with Crippen LogP contribution in [0.2, 0.25) is 5.02 Å². The van der Waals surface area contributed by atoms with E-state index in [1.807, 2.05) is 41.8 Å². The number of hydrogen-bond acceptors (Lipinski definition) is 3. The minimum Gasteiger partial charge on any atom is -0.327 e. The van der Waals surface area contributed by atoms with Crippen molar-refractivity contribution in [1.29, 1.82) is 0 Å². The molecule has 2 aromatic carbocycles. The number of alkyl halides is 3. The van der Waals surface area contributed by atoms with Crippen molar-refractivity contribution in [3.8, 4) is 11.4 Å². The number of aromatic nitrogens is 3. The lowest BCUT2D eigenvalue weighted by atomic mass is 10.1. The summed E-state index contributed by atoms with van der Waals surface area (Å²) in [5.41, 5.74) is -0.298. The van der Waals surface area contributed by atoms with E-state index in [1.165, 1.54) is 17.0 Å². The normalized spacial score (nSPS) is 16.6. The highest BCUT2D eigenvalue weighted by Gasteiger charge is 2.37. The van der Waals surface area contributed by atoms with Crippen molar-refractivity contribution in [2.75, 3.05) is 0 Å². The Morgan fingerprint density at radius 2 is 1.83 bits per heavy atom. The molecule has 150 valence electrons. The molecule has 0 saturated heterocycles.